The van der Waals surface area contributed by atoms with Crippen molar-refractivity contribution in [2.24, 2.45) is 10.7 Å². The number of rotatable bonds is 9. The van der Waals surface area contributed by atoms with Crippen molar-refractivity contribution in [1.82, 2.24) is 9.91 Å². The van der Waals surface area contributed by atoms with Gasteiger partial charge >= 0.3 is 0 Å². The van der Waals surface area contributed by atoms with E-state index in [4.69, 9.17) is 33.9 Å². The van der Waals surface area contributed by atoms with Crippen LogP contribution in [0.3, 0.4) is 0 Å². The number of halogens is 2. The summed E-state index contributed by atoms with van der Waals surface area (Å²) in [6, 6.07) is 21.9. The van der Waals surface area contributed by atoms with Crippen molar-refractivity contribution in [3.8, 4) is 0 Å². The molecule has 0 radical (unpaired) electrons. The second kappa shape index (κ2) is 11.6. The number of nitrogens with one attached hydrogen (secondary N) is 1. The molecule has 8 heteroatoms. The zero-order chi connectivity index (χ0) is 25.7. The second-order valence-electron chi connectivity index (χ2n) is 8.46. The normalized spacial score (nSPS) is 13.6. The lowest BCUT2D eigenvalue weighted by atomic mass is 10.0. The maximum Gasteiger partial charge on any atom is 0.254 e. The van der Waals surface area contributed by atoms with Crippen LogP contribution in [-0.2, 0) is 0 Å². The average Bonchev–Trinajstić information content (AvgIpc) is 2.89. The molecule has 1 aliphatic rings. The van der Waals surface area contributed by atoms with Gasteiger partial charge in [-0.2, -0.15) is 0 Å². The van der Waals surface area contributed by atoms with Gasteiger partial charge in [0.05, 0.1) is 23.1 Å². The topological polar surface area (TPSA) is 74.0 Å². The molecular weight excluding hydrogens is 493 g/mol. The van der Waals surface area contributed by atoms with Crippen LogP contribution in [-0.4, -0.2) is 40.8 Å². The van der Waals surface area contributed by atoms with Crippen LogP contribution in [0.1, 0.15) is 35.7 Å². The largest absolute Gasteiger partial charge is 0.330 e. The van der Waals surface area contributed by atoms with Crippen molar-refractivity contribution in [2.75, 3.05) is 18.5 Å². The molecule has 186 valence electrons. The molecule has 0 saturated heterocycles. The van der Waals surface area contributed by atoms with Crippen molar-refractivity contribution in [1.29, 1.82) is 0 Å². The first-order valence-corrected chi connectivity index (χ1v) is 12.6. The van der Waals surface area contributed by atoms with Crippen LogP contribution >= 0.6 is 23.2 Å². The number of hydrogen-bond donors (Lipinski definition) is 2. The number of anilines is 1. The Morgan fingerprint density at radius 3 is 2.44 bits per heavy atom. The average molecular weight is 522 g/mol. The summed E-state index contributed by atoms with van der Waals surface area (Å²) in [4.78, 5) is 20.6. The van der Waals surface area contributed by atoms with Crippen LogP contribution in [0.25, 0.3) is 5.70 Å². The Morgan fingerprint density at radius 2 is 1.78 bits per heavy atom. The summed E-state index contributed by atoms with van der Waals surface area (Å²) >= 11 is 12.4. The van der Waals surface area contributed by atoms with Crippen molar-refractivity contribution < 1.29 is 4.79 Å². The van der Waals surface area contributed by atoms with E-state index in [0.29, 0.717) is 58.8 Å². The number of para-hydroxylation sites is 1. The predicted molar refractivity (Wildman–Crippen MR) is 150 cm³/mol. The lowest BCUT2D eigenvalue weighted by molar-refractivity contribution is 0.0715. The van der Waals surface area contributed by atoms with Crippen LogP contribution in [0, 0.1) is 0 Å². The number of fused-ring (bicyclic) bond motifs is 1. The van der Waals surface area contributed by atoms with E-state index in [9.17, 15) is 4.79 Å². The van der Waals surface area contributed by atoms with Gasteiger partial charge in [0.1, 0.15) is 0 Å². The van der Waals surface area contributed by atoms with Crippen molar-refractivity contribution in [2.45, 2.75) is 25.8 Å². The van der Waals surface area contributed by atoms with E-state index < -0.39 is 0 Å². The summed E-state index contributed by atoms with van der Waals surface area (Å²) in [5.74, 6) is 0.539. The first-order valence-electron chi connectivity index (χ1n) is 11.9. The number of benzene rings is 3. The zero-order valence-corrected chi connectivity index (χ0v) is 21.6. The highest BCUT2D eigenvalue weighted by molar-refractivity contribution is 6.31. The lowest BCUT2D eigenvalue weighted by Gasteiger charge is -2.40. The Kier molecular flexibility index (Phi) is 8.31. The Bertz CT molecular complexity index is 1260. The van der Waals surface area contributed by atoms with Crippen molar-refractivity contribution in [3.05, 3.63) is 101 Å². The number of nitrogens with zero attached hydrogens (tertiary/aromatic N) is 3. The zero-order valence-electron chi connectivity index (χ0n) is 20.1. The molecule has 4 rings (SSSR count). The molecule has 0 saturated carbocycles. The van der Waals surface area contributed by atoms with Gasteiger partial charge in [0, 0.05) is 27.7 Å². The molecule has 1 aliphatic heterocycles. The van der Waals surface area contributed by atoms with E-state index in [2.05, 4.69) is 12.0 Å². The Morgan fingerprint density at radius 1 is 1.08 bits per heavy atom. The fraction of sp³-hybridized carbons (Fsp3) is 0.214. The molecule has 0 fully saturated rings. The molecule has 6 nitrogen and oxygen atoms in total. The number of carbonyl (C=O) groups excluding carboxylic acids is 1. The molecule has 1 heterocycles. The summed E-state index contributed by atoms with van der Waals surface area (Å²) in [5, 5.41) is 3.02. The first-order chi connectivity index (χ1) is 17.4. The third-order valence-electron chi connectivity index (χ3n) is 6.04. The minimum absolute atomic E-state index is 0.114. The van der Waals surface area contributed by atoms with Gasteiger partial charge in [0.15, 0.2) is 5.84 Å². The summed E-state index contributed by atoms with van der Waals surface area (Å²) < 4.78 is 0. The van der Waals surface area contributed by atoms with Crippen molar-refractivity contribution >= 4 is 52.0 Å². The maximum absolute atomic E-state index is 13.8. The van der Waals surface area contributed by atoms with Crippen molar-refractivity contribution in [3.63, 3.8) is 0 Å². The van der Waals surface area contributed by atoms with Gasteiger partial charge in [-0.3, -0.25) is 10.2 Å². The fourth-order valence-electron chi connectivity index (χ4n) is 4.22. The molecule has 36 heavy (non-hydrogen) atoms. The SMILES string of the molecule is C=C1c2ccc(Cl)cc2N=C(C(CC)N(CCCN)C(=O)c2ccc(Cl)cc2)N1Nc1ccccc1. The maximum atomic E-state index is 13.8. The smallest absolute Gasteiger partial charge is 0.254 e. The molecule has 1 unspecified atom stereocenters. The van der Waals surface area contributed by atoms with E-state index in [1.807, 2.05) is 65.4 Å². The molecule has 1 amide bonds. The highest BCUT2D eigenvalue weighted by Gasteiger charge is 2.35. The van der Waals surface area contributed by atoms with Crippen LogP contribution in [0.15, 0.2) is 84.4 Å². The van der Waals surface area contributed by atoms with Gasteiger partial charge in [0.2, 0.25) is 0 Å². The molecule has 3 N–H and O–H groups in total. The van der Waals surface area contributed by atoms with E-state index in [1.54, 1.807) is 24.3 Å². The lowest BCUT2D eigenvalue weighted by Crippen LogP contribution is -2.52. The van der Waals surface area contributed by atoms with Crippen LogP contribution < -0.4 is 11.2 Å². The number of aliphatic imine (C=N–C) groups is 1. The van der Waals surface area contributed by atoms with E-state index >= 15 is 0 Å². The molecule has 0 aromatic heterocycles. The minimum atomic E-state index is -0.361. The highest BCUT2D eigenvalue weighted by atomic mass is 35.5. The summed E-state index contributed by atoms with van der Waals surface area (Å²) in [6.45, 7) is 7.34. The molecule has 3 aromatic rings. The van der Waals surface area contributed by atoms with Gasteiger partial charge in [-0.05, 0) is 74.0 Å². The van der Waals surface area contributed by atoms with Gasteiger partial charge in [-0.25, -0.2) is 10.0 Å². The molecule has 0 aliphatic carbocycles. The molecule has 0 spiro atoms. The van der Waals surface area contributed by atoms with Gasteiger partial charge in [0.25, 0.3) is 5.91 Å². The van der Waals surface area contributed by atoms with Crippen LogP contribution in [0.5, 0.6) is 0 Å². The number of amides is 1. The van der Waals surface area contributed by atoms with E-state index in [-0.39, 0.29) is 11.9 Å². The third-order valence-corrected chi connectivity index (χ3v) is 6.52. The summed E-state index contributed by atoms with van der Waals surface area (Å²) in [5.41, 5.74) is 13.0. The Labute approximate surface area is 222 Å². The van der Waals surface area contributed by atoms with Gasteiger partial charge < -0.3 is 10.6 Å². The number of hydrazine groups is 1. The third kappa shape index (κ3) is 5.57. The van der Waals surface area contributed by atoms with E-state index in [0.717, 1.165) is 11.3 Å². The second-order valence-corrected chi connectivity index (χ2v) is 9.34. The Hall–Kier alpha value is -3.32. The van der Waals surface area contributed by atoms with Crippen LogP contribution in [0.2, 0.25) is 10.0 Å². The monoisotopic (exact) mass is 521 g/mol. The molecule has 3 aromatic carbocycles. The van der Waals surface area contributed by atoms with E-state index in [1.165, 1.54) is 0 Å². The first kappa shape index (κ1) is 25.8. The molecule has 0 bridgehead atoms. The van der Waals surface area contributed by atoms with Gasteiger partial charge in [-0.1, -0.05) is 54.9 Å². The number of carbonyl (C=O) groups is 1. The summed E-state index contributed by atoms with van der Waals surface area (Å²) in [7, 11) is 0. The minimum Gasteiger partial charge on any atom is -0.330 e. The fourth-order valence-corrected chi connectivity index (χ4v) is 4.52. The molecular formula is C28H29Cl2N5O. The number of hydrogen-bond acceptors (Lipinski definition) is 5. The highest BCUT2D eigenvalue weighted by Crippen LogP contribution is 2.37. The predicted octanol–water partition coefficient (Wildman–Crippen LogP) is 6.61. The Balaban J connectivity index is 1.80. The summed E-state index contributed by atoms with van der Waals surface area (Å²) in [6.07, 6.45) is 1.28. The molecule has 1 atom stereocenters. The van der Waals surface area contributed by atoms with Crippen LogP contribution in [0.4, 0.5) is 11.4 Å². The number of nitrogens with two attached hydrogens (primary N) is 1. The standard InChI is InChI=1S/C28H29Cl2N5O/c1-3-26(34(17-7-16-31)28(36)20-10-12-21(29)13-11-20)27-32-25-18-22(30)14-15-24(25)19(2)35(27)33-23-8-5-4-6-9-23/h4-6,8-15,18,26,33H,2-3,7,16-17,31H2,1H3. The van der Waals surface area contributed by atoms with Gasteiger partial charge in [-0.15, -0.1) is 0 Å². The number of amidine groups is 1. The quantitative estimate of drug-likeness (QED) is 0.332.